The van der Waals surface area contributed by atoms with E-state index in [-0.39, 0.29) is 0 Å². The van der Waals surface area contributed by atoms with Crippen molar-refractivity contribution in [1.82, 2.24) is 19.5 Å². The number of para-hydroxylation sites is 3. The summed E-state index contributed by atoms with van der Waals surface area (Å²) in [5.74, 6) is 0.663. The molecule has 6 aromatic carbocycles. The Balaban J connectivity index is 1.27. The normalized spacial score (nSPS) is 11.6. The van der Waals surface area contributed by atoms with E-state index in [1.54, 1.807) is 0 Å². The van der Waals surface area contributed by atoms with Crippen LogP contribution in [0.15, 0.2) is 175 Å². The molecule has 4 aromatic heterocycles. The lowest BCUT2D eigenvalue weighted by Gasteiger charge is -2.15. The minimum Gasteiger partial charge on any atom is -0.456 e. The molecule has 10 aromatic rings. The van der Waals surface area contributed by atoms with E-state index in [1.165, 1.54) is 10.8 Å². The molecule has 0 saturated carbocycles. The molecule has 0 aliphatic rings. The topological polar surface area (TPSA) is 56.7 Å². The molecule has 0 fully saturated rings. The van der Waals surface area contributed by atoms with Gasteiger partial charge in [0.25, 0.3) is 0 Å². The molecule has 0 saturated heterocycles. The second kappa shape index (κ2) is 11.4. The highest BCUT2D eigenvalue weighted by Gasteiger charge is 2.19. The van der Waals surface area contributed by atoms with Crippen molar-refractivity contribution in [1.29, 1.82) is 0 Å². The first-order valence-electron chi connectivity index (χ1n) is 16.7. The fraction of sp³-hybridized carbons (Fsp3) is 0. The molecule has 50 heavy (non-hydrogen) atoms. The van der Waals surface area contributed by atoms with Crippen LogP contribution in [0.2, 0.25) is 0 Å². The first-order valence-corrected chi connectivity index (χ1v) is 16.7. The molecule has 0 aliphatic carbocycles. The van der Waals surface area contributed by atoms with Crippen LogP contribution in [0.4, 0.5) is 0 Å². The molecule has 0 aliphatic heterocycles. The van der Waals surface area contributed by atoms with Crippen molar-refractivity contribution in [3.8, 4) is 50.7 Å². The molecule has 0 unspecified atom stereocenters. The first kappa shape index (κ1) is 28.2. The summed E-state index contributed by atoms with van der Waals surface area (Å²) in [7, 11) is 0. The number of furan rings is 1. The molecule has 0 amide bonds. The Morgan fingerprint density at radius 3 is 1.86 bits per heavy atom. The van der Waals surface area contributed by atoms with E-state index in [0.717, 1.165) is 77.9 Å². The Bertz CT molecular complexity index is 2820. The van der Waals surface area contributed by atoms with Crippen molar-refractivity contribution >= 4 is 43.7 Å². The van der Waals surface area contributed by atoms with Crippen molar-refractivity contribution < 1.29 is 4.42 Å². The number of nitrogens with zero attached hydrogens (tertiary/aromatic N) is 4. The second-order valence-corrected chi connectivity index (χ2v) is 12.5. The maximum absolute atomic E-state index is 6.29. The molecule has 234 valence electrons. The van der Waals surface area contributed by atoms with Crippen LogP contribution in [0.3, 0.4) is 0 Å². The second-order valence-electron chi connectivity index (χ2n) is 12.5. The van der Waals surface area contributed by atoms with Crippen LogP contribution < -0.4 is 0 Å². The number of pyridine rings is 1. The zero-order chi connectivity index (χ0) is 33.0. The summed E-state index contributed by atoms with van der Waals surface area (Å²) in [5, 5.41) is 4.54. The summed E-state index contributed by atoms with van der Waals surface area (Å²) >= 11 is 0. The van der Waals surface area contributed by atoms with Crippen LogP contribution in [0.25, 0.3) is 94.5 Å². The third kappa shape index (κ3) is 4.60. The highest BCUT2D eigenvalue weighted by atomic mass is 16.3. The van der Waals surface area contributed by atoms with E-state index in [4.69, 9.17) is 14.4 Å². The SMILES string of the molecule is c1ccc(-c2nc(-c3cc(-c4ccncc4)cc(-n4c5ccccc5c5ccccc54)c3)cc(-c3cccc4oc5ccccc5c34)n2)cc1. The highest BCUT2D eigenvalue weighted by molar-refractivity contribution is 6.12. The summed E-state index contributed by atoms with van der Waals surface area (Å²) in [5.41, 5.74) is 11.8. The molecular weight excluding hydrogens is 613 g/mol. The summed E-state index contributed by atoms with van der Waals surface area (Å²) in [6.07, 6.45) is 3.68. The van der Waals surface area contributed by atoms with Crippen LogP contribution in [0.5, 0.6) is 0 Å². The average molecular weight is 641 g/mol. The largest absolute Gasteiger partial charge is 0.456 e. The number of benzene rings is 6. The zero-order valence-electron chi connectivity index (χ0n) is 26.9. The van der Waals surface area contributed by atoms with Crippen molar-refractivity contribution in [2.24, 2.45) is 0 Å². The smallest absolute Gasteiger partial charge is 0.160 e. The molecule has 0 spiro atoms. The third-order valence-electron chi connectivity index (χ3n) is 9.50. The van der Waals surface area contributed by atoms with E-state index in [9.17, 15) is 0 Å². The van der Waals surface area contributed by atoms with Gasteiger partial charge in [-0.25, -0.2) is 9.97 Å². The lowest BCUT2D eigenvalue weighted by molar-refractivity contribution is 0.669. The Morgan fingerprint density at radius 1 is 0.440 bits per heavy atom. The molecule has 5 heteroatoms. The van der Waals surface area contributed by atoms with Crippen LogP contribution in [0.1, 0.15) is 0 Å². The minimum absolute atomic E-state index is 0.663. The van der Waals surface area contributed by atoms with Gasteiger partial charge in [-0.2, -0.15) is 0 Å². The molecule has 0 atom stereocenters. The van der Waals surface area contributed by atoms with Gasteiger partial charge < -0.3 is 8.98 Å². The van der Waals surface area contributed by atoms with Gasteiger partial charge in [-0.1, -0.05) is 97.1 Å². The van der Waals surface area contributed by atoms with Crippen molar-refractivity contribution in [3.63, 3.8) is 0 Å². The summed E-state index contributed by atoms with van der Waals surface area (Å²) in [4.78, 5) is 14.8. The zero-order valence-corrected chi connectivity index (χ0v) is 26.9. The van der Waals surface area contributed by atoms with E-state index >= 15 is 0 Å². The van der Waals surface area contributed by atoms with E-state index in [0.29, 0.717) is 5.82 Å². The fourth-order valence-electron chi connectivity index (χ4n) is 7.24. The number of hydrogen-bond acceptors (Lipinski definition) is 4. The van der Waals surface area contributed by atoms with Crippen LogP contribution in [0, 0.1) is 0 Å². The number of fused-ring (bicyclic) bond motifs is 6. The van der Waals surface area contributed by atoms with Crippen LogP contribution >= 0.6 is 0 Å². The predicted octanol–water partition coefficient (Wildman–Crippen LogP) is 11.5. The molecule has 0 N–H and O–H groups in total. The van der Waals surface area contributed by atoms with Crippen LogP contribution in [-0.2, 0) is 0 Å². The maximum Gasteiger partial charge on any atom is 0.160 e. The Morgan fingerprint density at radius 2 is 1.08 bits per heavy atom. The predicted molar refractivity (Wildman–Crippen MR) is 203 cm³/mol. The van der Waals surface area contributed by atoms with Gasteiger partial charge in [0.2, 0.25) is 0 Å². The van der Waals surface area contributed by atoms with Crippen LogP contribution in [-0.4, -0.2) is 19.5 Å². The number of aromatic nitrogens is 4. The van der Waals surface area contributed by atoms with Gasteiger partial charge in [0.15, 0.2) is 5.82 Å². The van der Waals surface area contributed by atoms with Crippen molar-refractivity contribution in [2.75, 3.05) is 0 Å². The molecule has 5 nitrogen and oxygen atoms in total. The van der Waals surface area contributed by atoms with Crippen molar-refractivity contribution in [2.45, 2.75) is 0 Å². The average Bonchev–Trinajstić information content (AvgIpc) is 3.74. The molecule has 4 heterocycles. The van der Waals surface area contributed by atoms with E-state index < -0.39 is 0 Å². The van der Waals surface area contributed by atoms with Gasteiger partial charge in [-0.05, 0) is 71.8 Å². The molecule has 10 rings (SSSR count). The van der Waals surface area contributed by atoms with Gasteiger partial charge in [-0.3, -0.25) is 4.98 Å². The van der Waals surface area contributed by atoms with E-state index in [1.807, 2.05) is 54.9 Å². The first-order chi connectivity index (χ1) is 24.8. The number of rotatable bonds is 5. The summed E-state index contributed by atoms with van der Waals surface area (Å²) in [6.45, 7) is 0. The Kier molecular flexibility index (Phi) is 6.42. The lowest BCUT2D eigenvalue weighted by atomic mass is 9.98. The van der Waals surface area contributed by atoms with Gasteiger partial charge in [0, 0.05) is 56.3 Å². The summed E-state index contributed by atoms with van der Waals surface area (Å²) in [6, 6.07) is 54.7. The standard InChI is InChI=1S/C45H28N4O/c1-2-11-30(12-3-1)45-47-38(28-39(48-45)36-16-10-20-43-44(36)37-15-6-9-19-42(37)50-43)32-25-31(29-21-23-46-24-22-29)26-33(27-32)49-40-17-7-4-13-34(40)35-14-5-8-18-41(35)49/h1-28H. The maximum atomic E-state index is 6.29. The van der Waals surface area contributed by atoms with E-state index in [2.05, 4.69) is 125 Å². The van der Waals surface area contributed by atoms with Crippen molar-refractivity contribution in [3.05, 3.63) is 170 Å². The fourth-order valence-corrected chi connectivity index (χ4v) is 7.24. The molecule has 0 radical (unpaired) electrons. The Hall–Kier alpha value is -6.85. The number of hydrogen-bond donors (Lipinski definition) is 0. The highest BCUT2D eigenvalue weighted by Crippen LogP contribution is 2.39. The lowest BCUT2D eigenvalue weighted by Crippen LogP contribution is -1.99. The van der Waals surface area contributed by atoms with Gasteiger partial charge in [0.05, 0.1) is 22.4 Å². The van der Waals surface area contributed by atoms with Gasteiger partial charge in [-0.15, -0.1) is 0 Å². The molecule has 0 bridgehead atoms. The monoisotopic (exact) mass is 640 g/mol. The third-order valence-corrected chi connectivity index (χ3v) is 9.50. The molecular formula is C45H28N4O. The summed E-state index contributed by atoms with van der Waals surface area (Å²) < 4.78 is 8.64. The Labute approximate surface area is 287 Å². The quantitative estimate of drug-likeness (QED) is 0.188. The van der Waals surface area contributed by atoms with Gasteiger partial charge >= 0.3 is 0 Å². The van der Waals surface area contributed by atoms with Gasteiger partial charge in [0.1, 0.15) is 11.2 Å². The minimum atomic E-state index is 0.663.